The second-order valence-electron chi connectivity index (χ2n) is 3.32. The van der Waals surface area contributed by atoms with Gasteiger partial charge < -0.3 is 14.9 Å². The Morgan fingerprint density at radius 2 is 1.93 bits per heavy atom. The van der Waals surface area contributed by atoms with Gasteiger partial charge in [0.05, 0.1) is 19.3 Å². The van der Waals surface area contributed by atoms with Crippen LogP contribution < -0.4 is 4.74 Å². The number of para-hydroxylation sites is 1. The molecule has 0 saturated heterocycles. The molecule has 0 spiro atoms. The third-order valence-electron chi connectivity index (χ3n) is 2.18. The van der Waals surface area contributed by atoms with Crippen molar-refractivity contribution in [3.63, 3.8) is 0 Å². The van der Waals surface area contributed by atoms with Crippen molar-refractivity contribution >= 4 is 0 Å². The maximum absolute atomic E-state index is 9.49. The lowest BCUT2D eigenvalue weighted by molar-refractivity contribution is 0.0316. The number of hydrogen-bond acceptors (Lipinski definition) is 3. The molecular formula is C11H16O3. The molecule has 2 unspecified atom stereocenters. The van der Waals surface area contributed by atoms with E-state index in [2.05, 4.69) is 0 Å². The zero-order valence-corrected chi connectivity index (χ0v) is 8.47. The molecule has 0 bridgehead atoms. The molecule has 0 amide bonds. The molecule has 2 N–H and O–H groups in total. The molecule has 0 aliphatic rings. The summed E-state index contributed by atoms with van der Waals surface area (Å²) in [6.07, 6.45) is -1.06. The van der Waals surface area contributed by atoms with Crippen LogP contribution in [0.1, 0.15) is 12.5 Å². The third kappa shape index (κ3) is 2.72. The number of hydrogen-bond donors (Lipinski definition) is 2. The molecule has 78 valence electrons. The molecular weight excluding hydrogens is 180 g/mol. The van der Waals surface area contributed by atoms with Gasteiger partial charge in [-0.15, -0.1) is 0 Å². The van der Waals surface area contributed by atoms with E-state index in [0.29, 0.717) is 6.42 Å². The van der Waals surface area contributed by atoms with Gasteiger partial charge in [0.25, 0.3) is 0 Å². The molecule has 1 rings (SSSR count). The van der Waals surface area contributed by atoms with E-state index in [1.165, 1.54) is 0 Å². The Bertz CT molecular complexity index is 284. The van der Waals surface area contributed by atoms with Crippen molar-refractivity contribution in [2.75, 3.05) is 7.11 Å². The molecule has 0 aliphatic carbocycles. The predicted molar refractivity (Wildman–Crippen MR) is 54.4 cm³/mol. The Morgan fingerprint density at radius 3 is 2.50 bits per heavy atom. The number of aliphatic hydroxyl groups is 2. The van der Waals surface area contributed by atoms with Crippen LogP contribution in [0.5, 0.6) is 5.75 Å². The van der Waals surface area contributed by atoms with Gasteiger partial charge >= 0.3 is 0 Å². The van der Waals surface area contributed by atoms with E-state index in [1.807, 2.05) is 24.3 Å². The van der Waals surface area contributed by atoms with Crippen molar-refractivity contribution < 1.29 is 14.9 Å². The summed E-state index contributed by atoms with van der Waals surface area (Å²) in [6.45, 7) is 1.57. The van der Waals surface area contributed by atoms with Gasteiger partial charge in [0.1, 0.15) is 5.75 Å². The molecule has 1 aromatic carbocycles. The fraction of sp³-hybridized carbons (Fsp3) is 0.455. The lowest BCUT2D eigenvalue weighted by Crippen LogP contribution is -2.24. The third-order valence-corrected chi connectivity index (χ3v) is 2.18. The Kier molecular flexibility index (Phi) is 3.92. The highest BCUT2D eigenvalue weighted by Crippen LogP contribution is 2.19. The van der Waals surface area contributed by atoms with Crippen LogP contribution in [0.25, 0.3) is 0 Å². The summed E-state index contributed by atoms with van der Waals surface area (Å²) in [5.41, 5.74) is 0.906. The van der Waals surface area contributed by atoms with Gasteiger partial charge in [0, 0.05) is 6.42 Å². The highest BCUT2D eigenvalue weighted by Gasteiger charge is 2.13. The first-order valence-corrected chi connectivity index (χ1v) is 4.63. The van der Waals surface area contributed by atoms with Gasteiger partial charge in [-0.1, -0.05) is 18.2 Å². The second-order valence-corrected chi connectivity index (χ2v) is 3.32. The molecule has 2 atom stereocenters. The SMILES string of the molecule is COc1ccccc1CC(O)C(C)O. The van der Waals surface area contributed by atoms with Crippen molar-refractivity contribution in [3.05, 3.63) is 29.8 Å². The molecule has 0 aromatic heterocycles. The maximum Gasteiger partial charge on any atom is 0.122 e. The largest absolute Gasteiger partial charge is 0.496 e. The van der Waals surface area contributed by atoms with E-state index in [9.17, 15) is 5.11 Å². The summed E-state index contributed by atoms with van der Waals surface area (Å²) in [6, 6.07) is 7.47. The van der Waals surface area contributed by atoms with Crippen LogP contribution >= 0.6 is 0 Å². The Balaban J connectivity index is 2.75. The molecule has 0 heterocycles. The molecule has 0 saturated carbocycles. The fourth-order valence-corrected chi connectivity index (χ4v) is 1.27. The van der Waals surface area contributed by atoms with E-state index in [4.69, 9.17) is 9.84 Å². The van der Waals surface area contributed by atoms with E-state index in [-0.39, 0.29) is 0 Å². The number of rotatable bonds is 4. The summed E-state index contributed by atoms with van der Waals surface area (Å²) >= 11 is 0. The van der Waals surface area contributed by atoms with Crippen molar-refractivity contribution in [1.82, 2.24) is 0 Å². The van der Waals surface area contributed by atoms with Crippen LogP contribution in [0.4, 0.5) is 0 Å². The highest BCUT2D eigenvalue weighted by atomic mass is 16.5. The van der Waals surface area contributed by atoms with Gasteiger partial charge in [-0.25, -0.2) is 0 Å². The Hall–Kier alpha value is -1.06. The first kappa shape index (κ1) is 11.0. The van der Waals surface area contributed by atoms with Gasteiger partial charge in [-0.3, -0.25) is 0 Å². The minimum atomic E-state index is -0.744. The maximum atomic E-state index is 9.49. The average molecular weight is 196 g/mol. The van der Waals surface area contributed by atoms with Crippen LogP contribution in [0.2, 0.25) is 0 Å². The van der Waals surface area contributed by atoms with E-state index in [1.54, 1.807) is 14.0 Å². The number of benzene rings is 1. The van der Waals surface area contributed by atoms with Gasteiger partial charge in [-0.2, -0.15) is 0 Å². The van der Waals surface area contributed by atoms with Crippen LogP contribution in [0.15, 0.2) is 24.3 Å². The summed E-state index contributed by atoms with van der Waals surface area (Å²) in [5, 5.41) is 18.6. The van der Waals surface area contributed by atoms with Gasteiger partial charge in [0.2, 0.25) is 0 Å². The Morgan fingerprint density at radius 1 is 1.29 bits per heavy atom. The number of methoxy groups -OCH3 is 1. The molecule has 3 heteroatoms. The predicted octanol–water partition coefficient (Wildman–Crippen LogP) is 0.979. The van der Waals surface area contributed by atoms with E-state index >= 15 is 0 Å². The summed E-state index contributed by atoms with van der Waals surface area (Å²) in [5.74, 6) is 0.743. The summed E-state index contributed by atoms with van der Waals surface area (Å²) in [7, 11) is 1.59. The van der Waals surface area contributed by atoms with Gasteiger partial charge in [-0.05, 0) is 18.6 Å². The van der Waals surface area contributed by atoms with Crippen LogP contribution in [-0.2, 0) is 6.42 Å². The highest BCUT2D eigenvalue weighted by molar-refractivity contribution is 5.33. The zero-order chi connectivity index (χ0) is 10.6. The molecule has 1 aromatic rings. The summed E-state index contributed by atoms with van der Waals surface area (Å²) in [4.78, 5) is 0. The van der Waals surface area contributed by atoms with Crippen molar-refractivity contribution in [2.24, 2.45) is 0 Å². The summed E-state index contributed by atoms with van der Waals surface area (Å²) < 4.78 is 5.13. The molecule has 14 heavy (non-hydrogen) atoms. The van der Waals surface area contributed by atoms with Crippen molar-refractivity contribution in [1.29, 1.82) is 0 Å². The molecule has 3 nitrogen and oxygen atoms in total. The standard InChI is InChI=1S/C11H16O3/c1-8(12)10(13)7-9-5-3-4-6-11(9)14-2/h3-6,8,10,12-13H,7H2,1-2H3. The van der Waals surface area contributed by atoms with Crippen molar-refractivity contribution in [3.8, 4) is 5.75 Å². The monoisotopic (exact) mass is 196 g/mol. The fourth-order valence-electron chi connectivity index (χ4n) is 1.27. The first-order valence-electron chi connectivity index (χ1n) is 4.63. The van der Waals surface area contributed by atoms with Crippen LogP contribution in [-0.4, -0.2) is 29.5 Å². The van der Waals surface area contributed by atoms with Gasteiger partial charge in [0.15, 0.2) is 0 Å². The minimum absolute atomic E-state index is 0.404. The zero-order valence-electron chi connectivity index (χ0n) is 8.47. The topological polar surface area (TPSA) is 49.7 Å². The number of ether oxygens (including phenoxy) is 1. The lowest BCUT2D eigenvalue weighted by atomic mass is 10.0. The molecule has 0 radical (unpaired) electrons. The van der Waals surface area contributed by atoms with E-state index in [0.717, 1.165) is 11.3 Å². The van der Waals surface area contributed by atoms with Crippen LogP contribution in [0, 0.1) is 0 Å². The number of aliphatic hydroxyl groups excluding tert-OH is 2. The lowest BCUT2D eigenvalue weighted by Gasteiger charge is -2.15. The quantitative estimate of drug-likeness (QED) is 0.754. The molecule has 0 fully saturated rings. The van der Waals surface area contributed by atoms with Crippen molar-refractivity contribution in [2.45, 2.75) is 25.6 Å². The molecule has 0 aliphatic heterocycles. The van der Waals surface area contributed by atoms with E-state index < -0.39 is 12.2 Å². The first-order chi connectivity index (χ1) is 6.65. The normalized spacial score (nSPS) is 14.9. The minimum Gasteiger partial charge on any atom is -0.496 e. The average Bonchev–Trinajstić information content (AvgIpc) is 2.18. The van der Waals surface area contributed by atoms with Crippen LogP contribution in [0.3, 0.4) is 0 Å². The smallest absolute Gasteiger partial charge is 0.122 e. The Labute approximate surface area is 84.0 Å². The second kappa shape index (κ2) is 4.98.